The van der Waals surface area contributed by atoms with Crippen molar-refractivity contribution >= 4 is 42.9 Å². The number of hydrogen-bond acceptors (Lipinski definition) is 9. The fraction of sp³-hybridized carbons (Fsp3) is 0.429. The Kier molecular flexibility index (Phi) is 11.3. The van der Waals surface area contributed by atoms with Crippen molar-refractivity contribution in [3.05, 3.63) is 47.5 Å². The minimum absolute atomic E-state index is 0.131. The fourth-order valence-corrected chi connectivity index (χ4v) is 4.57. The molecule has 220 valence electrons. The van der Waals surface area contributed by atoms with Crippen LogP contribution in [0.2, 0.25) is 18.1 Å². The number of amides is 2. The second-order valence-corrected chi connectivity index (χ2v) is 15.7. The lowest BCUT2D eigenvalue weighted by atomic mass is 10.1. The zero-order valence-corrected chi connectivity index (χ0v) is 25.4. The van der Waals surface area contributed by atoms with Gasteiger partial charge in [0.25, 0.3) is 0 Å². The van der Waals surface area contributed by atoms with Crippen LogP contribution in [-0.2, 0) is 4.43 Å². The summed E-state index contributed by atoms with van der Waals surface area (Å²) >= 11 is 0. The minimum Gasteiger partial charge on any atom is -0.494 e. The van der Waals surface area contributed by atoms with Gasteiger partial charge in [0.15, 0.2) is 8.32 Å². The lowest BCUT2D eigenvalue weighted by molar-refractivity contribution is 0.0991. The molecule has 0 radical (unpaired) electrons. The van der Waals surface area contributed by atoms with Gasteiger partial charge in [0, 0.05) is 37.2 Å². The van der Waals surface area contributed by atoms with Crippen molar-refractivity contribution in [2.45, 2.75) is 45.3 Å². The van der Waals surface area contributed by atoms with E-state index < -0.39 is 20.1 Å². The zero-order chi connectivity index (χ0) is 30.1. The molecule has 0 aromatic heterocycles. The third-order valence-electron chi connectivity index (χ3n) is 6.83. The van der Waals surface area contributed by atoms with Gasteiger partial charge in [-0.05, 0) is 42.4 Å². The molecule has 0 fully saturated rings. The molecule has 0 aliphatic carbocycles. The predicted molar refractivity (Wildman–Crippen MR) is 165 cm³/mol. The van der Waals surface area contributed by atoms with Crippen LogP contribution >= 0.6 is 0 Å². The number of nitrogens with one attached hydrogen (secondary N) is 2. The van der Waals surface area contributed by atoms with E-state index in [4.69, 9.17) is 36.8 Å². The third-order valence-corrected chi connectivity index (χ3v) is 11.4. The molecule has 10 N–H and O–H groups in total. The number of carbonyl (C=O) groups excluding carboxylic acids is 2. The van der Waals surface area contributed by atoms with Crippen LogP contribution in [0.3, 0.4) is 0 Å². The Labute approximate surface area is 237 Å². The number of ether oxygens (including phenoxy) is 2. The SMILES string of the molecule is COc1cc(C(N)=O)cc(N)c1NC/C=C/CNc1c(N)cc(C(N)=O)cc1OCCCO[Si](C)(C)C(C)(C)C. The molecule has 0 saturated heterocycles. The van der Waals surface area contributed by atoms with Crippen LogP contribution < -0.4 is 43.0 Å². The molecule has 0 unspecified atom stereocenters. The number of benzene rings is 2. The quantitative estimate of drug-likeness (QED) is 0.0794. The van der Waals surface area contributed by atoms with E-state index in [0.717, 1.165) is 0 Å². The number of carbonyl (C=O) groups is 2. The first kappa shape index (κ1) is 32.3. The van der Waals surface area contributed by atoms with Gasteiger partial charge >= 0.3 is 0 Å². The van der Waals surface area contributed by atoms with Crippen molar-refractivity contribution in [2.24, 2.45) is 11.5 Å². The van der Waals surface area contributed by atoms with Gasteiger partial charge in [0.05, 0.1) is 25.1 Å². The van der Waals surface area contributed by atoms with Gasteiger partial charge in [0.1, 0.15) is 22.9 Å². The van der Waals surface area contributed by atoms with Crippen molar-refractivity contribution in [1.82, 2.24) is 0 Å². The molecule has 0 saturated carbocycles. The average Bonchev–Trinajstić information content (AvgIpc) is 2.86. The molecule has 2 aromatic carbocycles. The maximum Gasteiger partial charge on any atom is 0.248 e. The van der Waals surface area contributed by atoms with E-state index in [2.05, 4.69) is 44.5 Å². The van der Waals surface area contributed by atoms with E-state index in [1.54, 1.807) is 6.07 Å². The van der Waals surface area contributed by atoms with Crippen LogP contribution in [0.25, 0.3) is 0 Å². The summed E-state index contributed by atoms with van der Waals surface area (Å²) in [6.45, 7) is 12.9. The van der Waals surface area contributed by atoms with Gasteiger partial charge in [-0.3, -0.25) is 9.59 Å². The number of nitrogens with two attached hydrogens (primary N) is 4. The van der Waals surface area contributed by atoms with E-state index in [9.17, 15) is 9.59 Å². The molecule has 0 atom stereocenters. The monoisotopic (exact) mass is 572 g/mol. The molecular formula is C28H44N6O5Si. The van der Waals surface area contributed by atoms with Crippen LogP contribution in [0.1, 0.15) is 47.9 Å². The van der Waals surface area contributed by atoms with Gasteiger partial charge in [0.2, 0.25) is 11.8 Å². The van der Waals surface area contributed by atoms with Gasteiger partial charge in [-0.15, -0.1) is 0 Å². The first-order valence-electron chi connectivity index (χ1n) is 13.1. The van der Waals surface area contributed by atoms with Crippen LogP contribution in [0.15, 0.2) is 36.4 Å². The summed E-state index contributed by atoms with van der Waals surface area (Å²) in [6.07, 6.45) is 4.47. The lowest BCUT2D eigenvalue weighted by Crippen LogP contribution is -2.41. The molecular weight excluding hydrogens is 528 g/mol. The summed E-state index contributed by atoms with van der Waals surface area (Å²) in [5, 5.41) is 6.55. The van der Waals surface area contributed by atoms with Crippen molar-refractivity contribution in [1.29, 1.82) is 0 Å². The second-order valence-electron chi connectivity index (χ2n) is 10.9. The highest BCUT2D eigenvalue weighted by atomic mass is 28.4. The second kappa shape index (κ2) is 13.9. The van der Waals surface area contributed by atoms with E-state index in [-0.39, 0.29) is 16.2 Å². The first-order valence-corrected chi connectivity index (χ1v) is 16.0. The number of nitrogen functional groups attached to an aromatic ring is 2. The number of methoxy groups -OCH3 is 1. The topological polar surface area (TPSA) is 190 Å². The molecule has 40 heavy (non-hydrogen) atoms. The summed E-state index contributed by atoms with van der Waals surface area (Å²) < 4.78 is 17.5. The average molecular weight is 573 g/mol. The molecule has 0 aliphatic rings. The van der Waals surface area contributed by atoms with Gasteiger partial charge < -0.3 is 47.5 Å². The third kappa shape index (κ3) is 8.81. The predicted octanol–water partition coefficient (Wildman–Crippen LogP) is 3.93. The maximum atomic E-state index is 11.8. The van der Waals surface area contributed by atoms with Gasteiger partial charge in [-0.25, -0.2) is 0 Å². The smallest absolute Gasteiger partial charge is 0.248 e. The Bertz CT molecular complexity index is 1230. The highest BCUT2D eigenvalue weighted by molar-refractivity contribution is 6.74. The lowest BCUT2D eigenvalue weighted by Gasteiger charge is -2.36. The highest BCUT2D eigenvalue weighted by Gasteiger charge is 2.36. The zero-order valence-electron chi connectivity index (χ0n) is 24.4. The largest absolute Gasteiger partial charge is 0.494 e. The van der Waals surface area contributed by atoms with Crippen LogP contribution in [0.5, 0.6) is 11.5 Å². The molecule has 11 nitrogen and oxygen atoms in total. The van der Waals surface area contributed by atoms with Crippen molar-refractivity contribution in [2.75, 3.05) is 55.5 Å². The summed E-state index contributed by atoms with van der Waals surface area (Å²) in [5.41, 5.74) is 25.5. The van der Waals surface area contributed by atoms with E-state index in [0.29, 0.717) is 67.0 Å². The van der Waals surface area contributed by atoms with Crippen molar-refractivity contribution < 1.29 is 23.5 Å². The summed E-state index contributed by atoms with van der Waals surface area (Å²) in [6, 6.07) is 6.14. The molecule has 0 heterocycles. The van der Waals surface area contributed by atoms with E-state index >= 15 is 0 Å². The van der Waals surface area contributed by atoms with Crippen LogP contribution in [0, 0.1) is 0 Å². The van der Waals surface area contributed by atoms with Gasteiger partial charge in [-0.2, -0.15) is 0 Å². The van der Waals surface area contributed by atoms with E-state index in [1.807, 2.05) is 12.2 Å². The summed E-state index contributed by atoms with van der Waals surface area (Å²) in [4.78, 5) is 23.2. The first-order chi connectivity index (χ1) is 18.7. The van der Waals surface area contributed by atoms with Crippen molar-refractivity contribution in [3.8, 4) is 11.5 Å². The summed E-state index contributed by atoms with van der Waals surface area (Å²) in [7, 11) is -0.353. The molecule has 2 amide bonds. The number of hydrogen-bond donors (Lipinski definition) is 6. The normalized spacial score (nSPS) is 11.8. The fourth-order valence-electron chi connectivity index (χ4n) is 3.49. The number of rotatable bonds is 15. The Morgan fingerprint density at radius 2 is 1.32 bits per heavy atom. The molecule has 0 spiro atoms. The van der Waals surface area contributed by atoms with E-state index in [1.165, 1.54) is 25.3 Å². The Balaban J connectivity index is 2.00. The minimum atomic E-state index is -1.84. The van der Waals surface area contributed by atoms with Crippen molar-refractivity contribution in [3.63, 3.8) is 0 Å². The standard InChI is InChI=1S/C28H44N6O5Si/c1-28(2,3)40(5,6)39-13-9-12-38-23-17-19(27(32)36)15-21(30)25(23)34-11-8-7-10-33-24-20(29)14-18(26(31)35)16-22(24)37-4/h7-8,14-17,33-34H,9-13,29-30H2,1-6H3,(H2,31,35)(H2,32,36)/b8-7+. The Hall–Kier alpha value is -3.90. The maximum absolute atomic E-state index is 11.8. The Morgan fingerprint density at radius 1 is 0.850 bits per heavy atom. The molecule has 0 bridgehead atoms. The molecule has 2 rings (SSSR count). The molecule has 12 heteroatoms. The van der Waals surface area contributed by atoms with Crippen LogP contribution in [-0.4, -0.2) is 53.5 Å². The summed E-state index contributed by atoms with van der Waals surface area (Å²) in [5.74, 6) is -0.318. The van der Waals surface area contributed by atoms with Crippen LogP contribution in [0.4, 0.5) is 22.7 Å². The van der Waals surface area contributed by atoms with Gasteiger partial charge in [-0.1, -0.05) is 32.9 Å². The molecule has 2 aromatic rings. The highest BCUT2D eigenvalue weighted by Crippen LogP contribution is 2.37. The number of anilines is 4. The molecule has 0 aliphatic heterocycles. The Morgan fingerprint density at radius 3 is 1.77 bits per heavy atom. The number of primary amides is 2.